The molecule has 110 valence electrons. The summed E-state index contributed by atoms with van der Waals surface area (Å²) in [6.07, 6.45) is 4.26. The first kappa shape index (κ1) is 13.5. The Kier molecular flexibility index (Phi) is 3.64. The van der Waals surface area contributed by atoms with Gasteiger partial charge in [0.2, 0.25) is 5.16 Å². The number of benzene rings is 1. The minimum absolute atomic E-state index is 0.567. The molecule has 3 aromatic rings. The average molecular weight is 308 g/mol. The van der Waals surface area contributed by atoms with Gasteiger partial charge in [0.1, 0.15) is 5.82 Å². The lowest BCUT2D eigenvalue weighted by atomic mass is 10.3. The van der Waals surface area contributed by atoms with Crippen molar-refractivity contribution in [3.05, 3.63) is 66.2 Å². The molecule has 0 unspecified atom stereocenters. The standard InChI is InChI=1S/C17H16N4S/c1-2-7-15(8-3-1)21-16(13-9-10-13)19-17(20-21)22-12-14-6-4-5-11-18-14/h1-8,11,13H,9-10,12H2. The van der Waals surface area contributed by atoms with E-state index < -0.39 is 0 Å². The van der Waals surface area contributed by atoms with Crippen LogP contribution in [0.5, 0.6) is 0 Å². The molecule has 1 saturated carbocycles. The van der Waals surface area contributed by atoms with Crippen molar-refractivity contribution in [3.63, 3.8) is 0 Å². The number of para-hydroxylation sites is 1. The Morgan fingerprint density at radius 1 is 1.05 bits per heavy atom. The Balaban J connectivity index is 1.59. The molecule has 0 radical (unpaired) electrons. The molecule has 0 amide bonds. The van der Waals surface area contributed by atoms with Crippen LogP contribution in [0.3, 0.4) is 0 Å². The van der Waals surface area contributed by atoms with E-state index >= 15 is 0 Å². The Morgan fingerprint density at radius 3 is 2.59 bits per heavy atom. The van der Waals surface area contributed by atoms with Crippen LogP contribution in [-0.4, -0.2) is 19.7 Å². The van der Waals surface area contributed by atoms with E-state index in [1.807, 2.05) is 47.3 Å². The molecule has 0 saturated heterocycles. The maximum atomic E-state index is 4.75. The third-order valence-corrected chi connectivity index (χ3v) is 4.50. The first-order valence-corrected chi connectivity index (χ1v) is 8.44. The number of aromatic nitrogens is 4. The highest BCUT2D eigenvalue weighted by atomic mass is 32.2. The van der Waals surface area contributed by atoms with Crippen LogP contribution in [0.1, 0.15) is 30.3 Å². The Morgan fingerprint density at radius 2 is 1.86 bits per heavy atom. The largest absolute Gasteiger partial charge is 0.260 e. The fourth-order valence-corrected chi connectivity index (χ4v) is 3.10. The van der Waals surface area contributed by atoms with Crippen molar-refractivity contribution < 1.29 is 0 Å². The average Bonchev–Trinajstić information content (AvgIpc) is 3.34. The molecule has 0 N–H and O–H groups in total. The smallest absolute Gasteiger partial charge is 0.209 e. The van der Waals surface area contributed by atoms with Crippen molar-refractivity contribution in [2.45, 2.75) is 29.7 Å². The van der Waals surface area contributed by atoms with Crippen LogP contribution in [0.15, 0.2) is 59.9 Å². The highest BCUT2D eigenvalue weighted by molar-refractivity contribution is 7.98. The molecule has 22 heavy (non-hydrogen) atoms. The molecular weight excluding hydrogens is 292 g/mol. The molecule has 0 spiro atoms. The third-order valence-electron chi connectivity index (χ3n) is 3.63. The Bertz CT molecular complexity index is 751. The molecule has 4 nitrogen and oxygen atoms in total. The van der Waals surface area contributed by atoms with Crippen LogP contribution in [0.2, 0.25) is 0 Å². The van der Waals surface area contributed by atoms with Crippen molar-refractivity contribution >= 4 is 11.8 Å². The van der Waals surface area contributed by atoms with E-state index in [-0.39, 0.29) is 0 Å². The monoisotopic (exact) mass is 308 g/mol. The fraction of sp³-hybridized carbons (Fsp3) is 0.235. The van der Waals surface area contributed by atoms with Crippen molar-refractivity contribution in [1.82, 2.24) is 19.7 Å². The SMILES string of the molecule is c1ccc(-n2nc(SCc3ccccn3)nc2C2CC2)cc1. The number of pyridine rings is 1. The van der Waals surface area contributed by atoms with Crippen LogP contribution in [0, 0.1) is 0 Å². The zero-order chi connectivity index (χ0) is 14.8. The van der Waals surface area contributed by atoms with Gasteiger partial charge in [-0.15, -0.1) is 5.10 Å². The quantitative estimate of drug-likeness (QED) is 0.672. The van der Waals surface area contributed by atoms with E-state index in [4.69, 9.17) is 10.1 Å². The van der Waals surface area contributed by atoms with Gasteiger partial charge in [-0.3, -0.25) is 4.98 Å². The highest BCUT2D eigenvalue weighted by Crippen LogP contribution is 2.40. The van der Waals surface area contributed by atoms with Gasteiger partial charge in [-0.05, 0) is 37.1 Å². The van der Waals surface area contributed by atoms with E-state index in [0.29, 0.717) is 5.92 Å². The highest BCUT2D eigenvalue weighted by Gasteiger charge is 2.30. The zero-order valence-electron chi connectivity index (χ0n) is 12.1. The summed E-state index contributed by atoms with van der Waals surface area (Å²) < 4.78 is 2.00. The minimum Gasteiger partial charge on any atom is -0.260 e. The second kappa shape index (κ2) is 5.93. The number of rotatable bonds is 5. The van der Waals surface area contributed by atoms with Gasteiger partial charge in [-0.2, -0.15) is 0 Å². The van der Waals surface area contributed by atoms with Gasteiger partial charge in [0.05, 0.1) is 11.4 Å². The Labute approximate surface area is 133 Å². The van der Waals surface area contributed by atoms with Gasteiger partial charge in [0, 0.05) is 17.9 Å². The Hall–Kier alpha value is -2.14. The van der Waals surface area contributed by atoms with E-state index in [1.165, 1.54) is 12.8 Å². The molecule has 0 atom stereocenters. The maximum Gasteiger partial charge on any atom is 0.209 e. The first-order valence-electron chi connectivity index (χ1n) is 7.45. The molecule has 4 rings (SSSR count). The van der Waals surface area contributed by atoms with Crippen molar-refractivity contribution in [1.29, 1.82) is 0 Å². The van der Waals surface area contributed by atoms with Gasteiger partial charge in [0.25, 0.3) is 0 Å². The van der Waals surface area contributed by atoms with Gasteiger partial charge in [-0.1, -0.05) is 36.0 Å². The van der Waals surface area contributed by atoms with Gasteiger partial charge in [-0.25, -0.2) is 9.67 Å². The second-order valence-electron chi connectivity index (χ2n) is 5.38. The molecule has 1 fully saturated rings. The number of hydrogen-bond donors (Lipinski definition) is 0. The van der Waals surface area contributed by atoms with Crippen LogP contribution in [0.4, 0.5) is 0 Å². The zero-order valence-corrected chi connectivity index (χ0v) is 12.9. The maximum absolute atomic E-state index is 4.75. The van der Waals surface area contributed by atoms with Gasteiger partial charge < -0.3 is 0 Å². The van der Waals surface area contributed by atoms with E-state index in [0.717, 1.165) is 28.1 Å². The molecule has 0 aliphatic heterocycles. The van der Waals surface area contributed by atoms with Crippen LogP contribution < -0.4 is 0 Å². The second-order valence-corrected chi connectivity index (χ2v) is 6.33. The summed E-state index contributed by atoms with van der Waals surface area (Å²) in [6, 6.07) is 16.2. The van der Waals surface area contributed by atoms with Crippen molar-refractivity contribution in [2.24, 2.45) is 0 Å². The first-order chi connectivity index (χ1) is 10.9. The summed E-state index contributed by atoms with van der Waals surface area (Å²) in [6.45, 7) is 0. The van der Waals surface area contributed by atoms with Crippen LogP contribution >= 0.6 is 11.8 Å². The molecule has 2 heterocycles. The summed E-state index contributed by atoms with van der Waals surface area (Å²) in [5, 5.41) is 5.53. The van der Waals surface area contributed by atoms with E-state index in [1.54, 1.807) is 11.8 Å². The summed E-state index contributed by atoms with van der Waals surface area (Å²) in [4.78, 5) is 9.10. The number of thioether (sulfide) groups is 1. The predicted molar refractivity (Wildman–Crippen MR) is 87.1 cm³/mol. The third kappa shape index (κ3) is 2.90. The normalized spacial score (nSPS) is 14.2. The molecule has 0 bridgehead atoms. The van der Waals surface area contributed by atoms with E-state index in [9.17, 15) is 0 Å². The lowest BCUT2D eigenvalue weighted by molar-refractivity contribution is 0.782. The number of nitrogens with zero attached hydrogens (tertiary/aromatic N) is 4. The summed E-state index contributed by atoms with van der Waals surface area (Å²) in [5.41, 5.74) is 2.14. The molecule has 1 aliphatic carbocycles. The lowest BCUT2D eigenvalue weighted by Crippen LogP contribution is -2.01. The van der Waals surface area contributed by atoms with Crippen LogP contribution in [-0.2, 0) is 5.75 Å². The minimum atomic E-state index is 0.567. The predicted octanol–water partition coefficient (Wildman–Crippen LogP) is 3.83. The number of hydrogen-bond acceptors (Lipinski definition) is 4. The van der Waals surface area contributed by atoms with Gasteiger partial charge >= 0.3 is 0 Å². The molecule has 2 aromatic heterocycles. The molecule has 1 aromatic carbocycles. The lowest BCUT2D eigenvalue weighted by Gasteiger charge is -2.03. The summed E-state index contributed by atoms with van der Waals surface area (Å²) >= 11 is 1.64. The topological polar surface area (TPSA) is 43.6 Å². The fourth-order valence-electron chi connectivity index (χ4n) is 2.35. The summed E-state index contributed by atoms with van der Waals surface area (Å²) in [7, 11) is 0. The molecule has 1 aliphatic rings. The van der Waals surface area contributed by atoms with Gasteiger partial charge in [0.15, 0.2) is 0 Å². The molecule has 5 heteroatoms. The van der Waals surface area contributed by atoms with Crippen LogP contribution in [0.25, 0.3) is 5.69 Å². The van der Waals surface area contributed by atoms with Crippen molar-refractivity contribution in [3.8, 4) is 5.69 Å². The van der Waals surface area contributed by atoms with E-state index in [2.05, 4.69) is 17.1 Å². The molecular formula is C17H16N4S. The van der Waals surface area contributed by atoms with Crippen molar-refractivity contribution in [2.75, 3.05) is 0 Å². The summed E-state index contributed by atoms with van der Waals surface area (Å²) in [5.74, 6) is 2.45.